The van der Waals surface area contributed by atoms with Gasteiger partial charge in [-0.3, -0.25) is 4.79 Å². The van der Waals surface area contributed by atoms with E-state index in [0.717, 1.165) is 23.8 Å². The van der Waals surface area contributed by atoms with E-state index in [9.17, 15) is 10.1 Å². The average Bonchev–Trinajstić information content (AvgIpc) is 2.94. The molecule has 7 heteroatoms. The van der Waals surface area contributed by atoms with Crippen molar-refractivity contribution in [1.82, 2.24) is 20.1 Å². The van der Waals surface area contributed by atoms with Crippen LogP contribution in [0.1, 0.15) is 64.7 Å². The summed E-state index contributed by atoms with van der Waals surface area (Å²) >= 11 is 1.40. The van der Waals surface area contributed by atoms with Gasteiger partial charge in [0.1, 0.15) is 11.4 Å². The molecule has 132 valence electrons. The first-order chi connectivity index (χ1) is 11.4. The molecule has 0 radical (unpaired) electrons. The molecule has 1 saturated carbocycles. The molecule has 1 N–H and O–H groups in total. The van der Waals surface area contributed by atoms with E-state index in [0.29, 0.717) is 6.04 Å². The Morgan fingerprint density at radius 3 is 2.67 bits per heavy atom. The number of aromatic nitrogens is 3. The molecule has 1 aliphatic carbocycles. The quantitative estimate of drug-likeness (QED) is 0.797. The number of carbonyl (C=O) groups excluding carboxylic acids is 1. The van der Waals surface area contributed by atoms with Crippen LogP contribution in [0.15, 0.2) is 5.16 Å². The molecule has 0 unspecified atom stereocenters. The maximum Gasteiger partial charge on any atom is 0.231 e. The predicted octanol–water partition coefficient (Wildman–Crippen LogP) is 3.24. The highest BCUT2D eigenvalue weighted by atomic mass is 32.2. The molecule has 1 fully saturated rings. The number of amides is 1. The second-order valence-corrected chi connectivity index (χ2v) is 7.94. The van der Waals surface area contributed by atoms with E-state index in [2.05, 4.69) is 26.2 Å². The smallest absolute Gasteiger partial charge is 0.231 e. The van der Waals surface area contributed by atoms with Crippen molar-refractivity contribution < 1.29 is 4.79 Å². The van der Waals surface area contributed by atoms with Crippen molar-refractivity contribution in [2.24, 2.45) is 5.92 Å². The third-order valence-electron chi connectivity index (χ3n) is 4.89. The fraction of sp³-hybridized carbons (Fsp3) is 0.765. The number of aryl methyl sites for hydroxylation is 1. The van der Waals surface area contributed by atoms with Gasteiger partial charge in [-0.1, -0.05) is 44.9 Å². The zero-order valence-electron chi connectivity index (χ0n) is 15.0. The maximum absolute atomic E-state index is 12.2. The Morgan fingerprint density at radius 2 is 2.08 bits per heavy atom. The summed E-state index contributed by atoms with van der Waals surface area (Å²) in [6, 6.07) is 2.64. The molecule has 2 rings (SSSR count). The highest BCUT2D eigenvalue weighted by molar-refractivity contribution is 7.99. The Bertz CT molecular complexity index is 615. The topological polar surface area (TPSA) is 83.6 Å². The van der Waals surface area contributed by atoms with Crippen LogP contribution in [-0.2, 0) is 4.79 Å². The molecule has 0 aromatic carbocycles. The molecule has 1 heterocycles. The third-order valence-corrected chi connectivity index (χ3v) is 5.84. The van der Waals surface area contributed by atoms with Gasteiger partial charge in [-0.25, -0.2) is 0 Å². The summed E-state index contributed by atoms with van der Waals surface area (Å²) < 4.78 is 2.18. The van der Waals surface area contributed by atoms with Gasteiger partial charge in [0.25, 0.3) is 0 Å². The van der Waals surface area contributed by atoms with Crippen molar-refractivity contribution >= 4 is 17.7 Å². The van der Waals surface area contributed by atoms with Crippen LogP contribution in [0.4, 0.5) is 0 Å². The van der Waals surface area contributed by atoms with Crippen molar-refractivity contribution in [3.05, 3.63) is 5.82 Å². The Hall–Kier alpha value is -1.55. The van der Waals surface area contributed by atoms with Crippen LogP contribution in [-0.4, -0.2) is 32.0 Å². The fourth-order valence-electron chi connectivity index (χ4n) is 2.97. The Kier molecular flexibility index (Phi) is 6.27. The molecule has 1 atom stereocenters. The van der Waals surface area contributed by atoms with Gasteiger partial charge in [0, 0.05) is 6.04 Å². The number of rotatable bonds is 6. The first-order valence-corrected chi connectivity index (χ1v) is 9.62. The number of hydrogen-bond acceptors (Lipinski definition) is 5. The van der Waals surface area contributed by atoms with Gasteiger partial charge in [0.2, 0.25) is 5.91 Å². The van der Waals surface area contributed by atoms with E-state index in [1.54, 1.807) is 6.92 Å². The van der Waals surface area contributed by atoms with Crippen LogP contribution in [0.3, 0.4) is 0 Å². The molecule has 0 bridgehead atoms. The zero-order valence-corrected chi connectivity index (χ0v) is 15.8. The van der Waals surface area contributed by atoms with Crippen LogP contribution in [0.2, 0.25) is 0 Å². The summed E-state index contributed by atoms with van der Waals surface area (Å²) in [5.41, 5.74) is -0.843. The van der Waals surface area contributed by atoms with Gasteiger partial charge < -0.3 is 9.88 Å². The Balaban J connectivity index is 2.00. The molecular formula is C17H27N5OS. The Morgan fingerprint density at radius 1 is 1.42 bits per heavy atom. The van der Waals surface area contributed by atoms with Gasteiger partial charge in [0.15, 0.2) is 5.16 Å². The predicted molar refractivity (Wildman–Crippen MR) is 94.6 cm³/mol. The minimum Gasteiger partial charge on any atom is -0.337 e. The summed E-state index contributed by atoms with van der Waals surface area (Å²) in [5, 5.41) is 21.4. The van der Waals surface area contributed by atoms with Crippen molar-refractivity contribution in [2.75, 3.05) is 5.75 Å². The molecule has 1 aromatic heterocycles. The van der Waals surface area contributed by atoms with E-state index in [1.807, 2.05) is 20.8 Å². The molecule has 1 aliphatic rings. The van der Waals surface area contributed by atoms with Crippen LogP contribution in [0, 0.1) is 24.2 Å². The summed E-state index contributed by atoms with van der Waals surface area (Å²) in [6.07, 6.45) is 6.07. The summed E-state index contributed by atoms with van der Waals surface area (Å²) in [5.74, 6) is 1.06. The molecule has 0 saturated heterocycles. The minimum absolute atomic E-state index is 0.0459. The number of hydrogen-bond donors (Lipinski definition) is 1. The molecule has 6 nitrogen and oxygen atoms in total. The first kappa shape index (κ1) is 18.8. The molecule has 0 aliphatic heterocycles. The van der Waals surface area contributed by atoms with Crippen molar-refractivity contribution in [3.8, 4) is 6.07 Å². The van der Waals surface area contributed by atoms with Crippen LogP contribution in [0.5, 0.6) is 0 Å². The van der Waals surface area contributed by atoms with Crippen molar-refractivity contribution in [3.63, 3.8) is 0 Å². The fourth-order valence-corrected chi connectivity index (χ4v) is 3.82. The molecular weight excluding hydrogens is 322 g/mol. The van der Waals surface area contributed by atoms with Gasteiger partial charge in [-0.05, 0) is 32.6 Å². The highest BCUT2D eigenvalue weighted by Gasteiger charge is 2.30. The zero-order chi connectivity index (χ0) is 17.7. The van der Waals surface area contributed by atoms with Gasteiger partial charge >= 0.3 is 0 Å². The molecule has 24 heavy (non-hydrogen) atoms. The van der Waals surface area contributed by atoms with E-state index in [4.69, 9.17) is 0 Å². The lowest BCUT2D eigenvalue weighted by Gasteiger charge is -2.27. The highest BCUT2D eigenvalue weighted by Crippen LogP contribution is 2.32. The third kappa shape index (κ3) is 4.29. The van der Waals surface area contributed by atoms with Crippen LogP contribution < -0.4 is 5.32 Å². The van der Waals surface area contributed by atoms with Gasteiger partial charge in [-0.15, -0.1) is 10.2 Å². The molecule has 0 spiro atoms. The average molecular weight is 350 g/mol. The van der Waals surface area contributed by atoms with Crippen LogP contribution >= 0.6 is 11.8 Å². The van der Waals surface area contributed by atoms with Crippen molar-refractivity contribution in [2.45, 2.75) is 76.5 Å². The second-order valence-electron chi connectivity index (χ2n) is 7.00. The number of thioether (sulfide) groups is 1. The SMILES string of the molecule is Cc1nnc(SCC(=O)N[C@](C)(C#N)C(C)C)n1C1CCCCC1. The lowest BCUT2D eigenvalue weighted by Crippen LogP contribution is -2.49. The monoisotopic (exact) mass is 349 g/mol. The normalized spacial score (nSPS) is 18.2. The van der Waals surface area contributed by atoms with Crippen LogP contribution in [0.25, 0.3) is 0 Å². The maximum atomic E-state index is 12.2. The van der Waals surface area contributed by atoms with Crippen molar-refractivity contribution in [1.29, 1.82) is 5.26 Å². The van der Waals surface area contributed by atoms with Gasteiger partial charge in [-0.2, -0.15) is 5.26 Å². The summed E-state index contributed by atoms with van der Waals surface area (Å²) in [6.45, 7) is 7.59. The number of nitriles is 1. The number of nitrogens with one attached hydrogen (secondary N) is 1. The number of nitrogens with zero attached hydrogens (tertiary/aromatic N) is 4. The second kappa shape index (κ2) is 8.02. The molecule has 1 aromatic rings. The summed E-state index contributed by atoms with van der Waals surface area (Å²) in [4.78, 5) is 12.2. The van der Waals surface area contributed by atoms with E-state index in [1.165, 1.54) is 31.0 Å². The minimum atomic E-state index is -0.843. The van der Waals surface area contributed by atoms with E-state index >= 15 is 0 Å². The first-order valence-electron chi connectivity index (χ1n) is 8.64. The lowest BCUT2D eigenvalue weighted by molar-refractivity contribution is -0.120. The lowest BCUT2D eigenvalue weighted by atomic mass is 9.90. The summed E-state index contributed by atoms with van der Waals surface area (Å²) in [7, 11) is 0. The van der Waals surface area contributed by atoms with Gasteiger partial charge in [0.05, 0.1) is 11.8 Å². The molecule has 1 amide bonds. The largest absolute Gasteiger partial charge is 0.337 e. The van der Waals surface area contributed by atoms with E-state index < -0.39 is 5.54 Å². The standard InChI is InChI=1S/C17H27N5OS/c1-12(2)17(4,11-18)19-15(23)10-24-16-21-20-13(3)22(16)14-8-6-5-7-9-14/h12,14H,5-10H2,1-4H3,(H,19,23)/t17-/m1/s1. The number of carbonyl (C=O) groups is 1. The Labute approximate surface area is 148 Å². The van der Waals surface area contributed by atoms with E-state index in [-0.39, 0.29) is 17.6 Å².